The van der Waals surface area contributed by atoms with Gasteiger partial charge >= 0.3 is 0 Å². The van der Waals surface area contributed by atoms with Gasteiger partial charge in [-0.15, -0.1) is 0 Å². The molecule has 0 aromatic carbocycles. The second-order valence-electron chi connectivity index (χ2n) is 4.65. The highest BCUT2D eigenvalue weighted by Crippen LogP contribution is 2.11. The minimum atomic E-state index is -0.0263. The second kappa shape index (κ2) is 6.71. The summed E-state index contributed by atoms with van der Waals surface area (Å²) in [5.41, 5.74) is 6.17. The molecule has 0 amide bonds. The molecule has 1 aromatic rings. The van der Waals surface area contributed by atoms with Crippen LogP contribution in [-0.2, 0) is 11.2 Å². The number of methoxy groups -OCH3 is 1. The first-order valence-corrected chi connectivity index (χ1v) is 6.26. The van der Waals surface area contributed by atoms with Gasteiger partial charge in [-0.2, -0.15) is 5.10 Å². The fourth-order valence-corrected chi connectivity index (χ4v) is 1.99. The summed E-state index contributed by atoms with van der Waals surface area (Å²) in [6.07, 6.45) is 4.44. The van der Waals surface area contributed by atoms with E-state index in [2.05, 4.69) is 30.9 Å². The van der Waals surface area contributed by atoms with Crippen LogP contribution < -0.4 is 5.73 Å². The summed E-state index contributed by atoms with van der Waals surface area (Å²) in [5, 5.41) is 4.21. The zero-order valence-corrected chi connectivity index (χ0v) is 11.3. The highest BCUT2D eigenvalue weighted by Gasteiger charge is 2.19. The Kier molecular flexibility index (Phi) is 5.58. The monoisotopic (exact) mass is 240 g/mol. The number of rotatable bonds is 7. The lowest BCUT2D eigenvalue weighted by molar-refractivity contribution is 0.0717. The molecule has 0 saturated heterocycles. The Hall–Kier alpha value is -0.940. The molecule has 0 aliphatic rings. The summed E-state index contributed by atoms with van der Waals surface area (Å²) in [7, 11) is 1.72. The van der Waals surface area contributed by atoms with Gasteiger partial charge in [0.15, 0.2) is 0 Å². The molecule has 5 heteroatoms. The van der Waals surface area contributed by atoms with Crippen molar-refractivity contribution in [3.05, 3.63) is 12.2 Å². The summed E-state index contributed by atoms with van der Waals surface area (Å²) >= 11 is 0. The quantitative estimate of drug-likeness (QED) is 0.785. The smallest absolute Gasteiger partial charge is 0.138 e. The molecular formula is C12H24N4O. The zero-order valence-electron chi connectivity index (χ0n) is 11.3. The van der Waals surface area contributed by atoms with E-state index in [1.165, 1.54) is 0 Å². The molecule has 2 unspecified atom stereocenters. The number of nitrogens with two attached hydrogens (primary N) is 1. The Morgan fingerprint density at radius 2 is 2.18 bits per heavy atom. The summed E-state index contributed by atoms with van der Waals surface area (Å²) < 4.78 is 7.33. The van der Waals surface area contributed by atoms with Gasteiger partial charge in [0.1, 0.15) is 12.2 Å². The van der Waals surface area contributed by atoms with Crippen molar-refractivity contribution in [1.82, 2.24) is 14.8 Å². The maximum atomic E-state index is 6.17. The fourth-order valence-electron chi connectivity index (χ4n) is 1.99. The van der Waals surface area contributed by atoms with Crippen molar-refractivity contribution >= 4 is 0 Å². The second-order valence-corrected chi connectivity index (χ2v) is 4.65. The predicted molar refractivity (Wildman–Crippen MR) is 67.8 cm³/mol. The van der Waals surface area contributed by atoms with E-state index in [0.717, 1.165) is 18.7 Å². The van der Waals surface area contributed by atoms with E-state index >= 15 is 0 Å². The molecular weight excluding hydrogens is 216 g/mol. The molecule has 0 saturated carbocycles. The number of aromatic nitrogens is 3. The lowest BCUT2D eigenvalue weighted by Gasteiger charge is -2.22. The molecule has 0 radical (unpaired) electrons. The van der Waals surface area contributed by atoms with Crippen LogP contribution in [0.5, 0.6) is 0 Å². The van der Waals surface area contributed by atoms with Crippen LogP contribution in [0.25, 0.3) is 0 Å². The summed E-state index contributed by atoms with van der Waals surface area (Å²) in [4.78, 5) is 4.27. The third-order valence-electron chi connectivity index (χ3n) is 2.91. The van der Waals surface area contributed by atoms with Crippen LogP contribution in [0.15, 0.2) is 6.33 Å². The van der Waals surface area contributed by atoms with Gasteiger partial charge in [-0.05, 0) is 20.3 Å². The molecule has 0 aliphatic heterocycles. The first kappa shape index (κ1) is 14.1. The molecule has 2 N–H and O–H groups in total. The summed E-state index contributed by atoms with van der Waals surface area (Å²) in [5.74, 6) is 0.936. The Bertz CT molecular complexity index is 324. The van der Waals surface area contributed by atoms with E-state index < -0.39 is 0 Å². The standard InChI is InChI=1S/C12H24N4O/c1-5-6-11(17-4)10(13)7-12-14-8-15-16(12)9(2)3/h8-11H,5-7,13H2,1-4H3. The van der Waals surface area contributed by atoms with Gasteiger partial charge in [-0.1, -0.05) is 13.3 Å². The van der Waals surface area contributed by atoms with Crippen LogP contribution in [0.2, 0.25) is 0 Å². The lowest BCUT2D eigenvalue weighted by Crippen LogP contribution is -2.38. The van der Waals surface area contributed by atoms with E-state index in [-0.39, 0.29) is 12.1 Å². The van der Waals surface area contributed by atoms with Crippen molar-refractivity contribution in [3.8, 4) is 0 Å². The SMILES string of the molecule is CCCC(OC)C(N)Cc1ncnn1C(C)C. The van der Waals surface area contributed by atoms with Crippen molar-refractivity contribution < 1.29 is 4.74 Å². The first-order chi connectivity index (χ1) is 8.10. The van der Waals surface area contributed by atoms with Crippen LogP contribution in [0.4, 0.5) is 0 Å². The lowest BCUT2D eigenvalue weighted by atomic mass is 10.0. The van der Waals surface area contributed by atoms with Crippen molar-refractivity contribution in [2.24, 2.45) is 5.73 Å². The molecule has 0 spiro atoms. The third-order valence-corrected chi connectivity index (χ3v) is 2.91. The van der Waals surface area contributed by atoms with Gasteiger partial charge in [0.05, 0.1) is 6.10 Å². The average Bonchev–Trinajstić information content (AvgIpc) is 2.73. The maximum Gasteiger partial charge on any atom is 0.138 e. The van der Waals surface area contributed by atoms with Gasteiger partial charge in [0.25, 0.3) is 0 Å². The van der Waals surface area contributed by atoms with Crippen molar-refractivity contribution in [1.29, 1.82) is 0 Å². The minimum absolute atomic E-state index is 0.0263. The Balaban J connectivity index is 2.66. The van der Waals surface area contributed by atoms with Crippen LogP contribution >= 0.6 is 0 Å². The molecule has 1 heterocycles. The maximum absolute atomic E-state index is 6.17. The molecule has 0 aliphatic carbocycles. The zero-order chi connectivity index (χ0) is 12.8. The predicted octanol–water partition coefficient (Wildman–Crippen LogP) is 1.54. The van der Waals surface area contributed by atoms with E-state index in [1.807, 2.05) is 4.68 Å². The molecule has 0 bridgehead atoms. The normalized spacial score (nSPS) is 15.2. The molecule has 2 atom stereocenters. The topological polar surface area (TPSA) is 66.0 Å². The van der Waals surface area contributed by atoms with Crippen LogP contribution in [0, 0.1) is 0 Å². The van der Waals surface area contributed by atoms with Gasteiger partial charge in [-0.3, -0.25) is 0 Å². The van der Waals surface area contributed by atoms with E-state index in [1.54, 1.807) is 13.4 Å². The van der Waals surface area contributed by atoms with Gasteiger partial charge < -0.3 is 10.5 Å². The van der Waals surface area contributed by atoms with E-state index in [4.69, 9.17) is 10.5 Å². The Morgan fingerprint density at radius 3 is 2.71 bits per heavy atom. The summed E-state index contributed by atoms with van der Waals surface area (Å²) in [6.45, 7) is 6.31. The number of hydrogen-bond acceptors (Lipinski definition) is 4. The van der Waals surface area contributed by atoms with Crippen LogP contribution in [-0.4, -0.2) is 34.0 Å². The van der Waals surface area contributed by atoms with Crippen molar-refractivity contribution in [3.63, 3.8) is 0 Å². The number of hydrogen-bond donors (Lipinski definition) is 1. The Labute approximate surface area is 103 Å². The molecule has 98 valence electrons. The largest absolute Gasteiger partial charge is 0.380 e. The van der Waals surface area contributed by atoms with Crippen molar-refractivity contribution in [2.75, 3.05) is 7.11 Å². The molecule has 1 aromatic heterocycles. The van der Waals surface area contributed by atoms with E-state index in [0.29, 0.717) is 12.5 Å². The fraction of sp³-hybridized carbons (Fsp3) is 0.833. The number of ether oxygens (including phenoxy) is 1. The first-order valence-electron chi connectivity index (χ1n) is 6.26. The van der Waals surface area contributed by atoms with Crippen LogP contribution in [0.1, 0.15) is 45.5 Å². The minimum Gasteiger partial charge on any atom is -0.380 e. The molecule has 0 fully saturated rings. The molecule has 1 rings (SSSR count). The average molecular weight is 240 g/mol. The van der Waals surface area contributed by atoms with Gasteiger partial charge in [0.2, 0.25) is 0 Å². The molecule has 5 nitrogen and oxygen atoms in total. The highest BCUT2D eigenvalue weighted by atomic mass is 16.5. The molecule has 17 heavy (non-hydrogen) atoms. The summed E-state index contributed by atoms with van der Waals surface area (Å²) in [6, 6.07) is 0.286. The van der Waals surface area contributed by atoms with Crippen LogP contribution in [0.3, 0.4) is 0 Å². The van der Waals surface area contributed by atoms with Gasteiger partial charge in [-0.25, -0.2) is 9.67 Å². The van der Waals surface area contributed by atoms with Crippen molar-refractivity contribution in [2.45, 2.75) is 58.2 Å². The number of nitrogens with zero attached hydrogens (tertiary/aromatic N) is 3. The van der Waals surface area contributed by atoms with E-state index in [9.17, 15) is 0 Å². The van der Waals surface area contributed by atoms with Gasteiger partial charge in [0, 0.05) is 25.6 Å². The highest BCUT2D eigenvalue weighted by molar-refractivity contribution is 4.92. The third kappa shape index (κ3) is 3.78. The Morgan fingerprint density at radius 1 is 1.47 bits per heavy atom.